The Balaban J connectivity index is 2.18. The average Bonchev–Trinajstić information content (AvgIpc) is 2.72. The summed E-state index contributed by atoms with van der Waals surface area (Å²) in [6.45, 7) is 2.00. The first-order valence-electron chi connectivity index (χ1n) is 5.45. The normalized spacial score (nSPS) is 18.8. The quantitative estimate of drug-likeness (QED) is 0.451. The molecule has 0 spiro atoms. The van der Waals surface area contributed by atoms with Crippen molar-refractivity contribution >= 4 is 37.8 Å². The third-order valence-corrected chi connectivity index (χ3v) is 4.88. The van der Waals surface area contributed by atoms with Crippen molar-refractivity contribution in [2.75, 3.05) is 18.5 Å². The Kier molecular flexibility index (Phi) is 4.33. The molecule has 1 aromatic heterocycles. The summed E-state index contributed by atoms with van der Waals surface area (Å²) < 4.78 is 7.29. The summed E-state index contributed by atoms with van der Waals surface area (Å²) >= 11 is 6.72. The third-order valence-electron chi connectivity index (χ3n) is 3.10. The molecule has 0 saturated carbocycles. The van der Waals surface area contributed by atoms with Gasteiger partial charge in [0.05, 0.1) is 6.54 Å². The number of hydrogen-bond acceptors (Lipinski definition) is 5. The second kappa shape index (κ2) is 5.62. The monoisotopic (exact) mass is 382 g/mol. The lowest BCUT2D eigenvalue weighted by molar-refractivity contribution is -0.394. The van der Waals surface area contributed by atoms with Crippen molar-refractivity contribution in [2.24, 2.45) is 5.41 Å². The van der Waals surface area contributed by atoms with Gasteiger partial charge in [-0.25, -0.2) is 0 Å². The van der Waals surface area contributed by atoms with Crippen LogP contribution in [0.2, 0.25) is 0 Å². The van der Waals surface area contributed by atoms with Crippen LogP contribution in [0, 0.1) is 15.5 Å². The maximum absolute atomic E-state index is 10.6. The Morgan fingerprint density at radius 2 is 2.17 bits per heavy atom. The van der Waals surface area contributed by atoms with Crippen molar-refractivity contribution in [1.82, 2.24) is 14.8 Å². The first-order chi connectivity index (χ1) is 8.56. The van der Waals surface area contributed by atoms with Crippen LogP contribution in [-0.4, -0.2) is 38.2 Å². The highest BCUT2D eigenvalue weighted by Crippen LogP contribution is 2.35. The molecule has 0 bridgehead atoms. The highest BCUT2D eigenvalue weighted by Gasteiger charge is 2.35. The summed E-state index contributed by atoms with van der Waals surface area (Å²) in [5.41, 5.74) is 0.0162. The molecular formula is C9H12Br2N4O3. The SMILES string of the molecule is O=[N+]([O-])c1nc(Br)n(CC2(CBr)CCOCC2)n1. The van der Waals surface area contributed by atoms with Gasteiger partial charge in [-0.1, -0.05) is 15.9 Å². The van der Waals surface area contributed by atoms with Crippen molar-refractivity contribution in [3.63, 3.8) is 0 Å². The lowest BCUT2D eigenvalue weighted by Crippen LogP contribution is -2.35. The molecule has 100 valence electrons. The van der Waals surface area contributed by atoms with E-state index in [1.807, 2.05) is 0 Å². The van der Waals surface area contributed by atoms with Gasteiger partial charge >= 0.3 is 5.95 Å². The fourth-order valence-electron chi connectivity index (χ4n) is 1.95. The van der Waals surface area contributed by atoms with E-state index < -0.39 is 4.92 Å². The summed E-state index contributed by atoms with van der Waals surface area (Å²) in [7, 11) is 0. The number of rotatable bonds is 4. The van der Waals surface area contributed by atoms with E-state index in [2.05, 4.69) is 41.9 Å². The molecular weight excluding hydrogens is 372 g/mol. The first kappa shape index (κ1) is 13.9. The zero-order chi connectivity index (χ0) is 13.2. The lowest BCUT2D eigenvalue weighted by atomic mass is 9.82. The van der Waals surface area contributed by atoms with Gasteiger partial charge in [0.25, 0.3) is 4.73 Å². The zero-order valence-corrected chi connectivity index (χ0v) is 12.7. The van der Waals surface area contributed by atoms with Crippen molar-refractivity contribution < 1.29 is 9.66 Å². The average molecular weight is 384 g/mol. The lowest BCUT2D eigenvalue weighted by Gasteiger charge is -2.34. The van der Waals surface area contributed by atoms with Gasteiger partial charge in [-0.2, -0.15) is 4.68 Å². The van der Waals surface area contributed by atoms with E-state index in [9.17, 15) is 10.1 Å². The molecule has 0 amide bonds. The van der Waals surface area contributed by atoms with Gasteiger partial charge in [-0.3, -0.25) is 0 Å². The molecule has 7 nitrogen and oxygen atoms in total. The van der Waals surface area contributed by atoms with Gasteiger partial charge in [-0.05, 0) is 22.7 Å². The Morgan fingerprint density at radius 1 is 1.50 bits per heavy atom. The van der Waals surface area contributed by atoms with Crippen LogP contribution in [0.3, 0.4) is 0 Å². The van der Waals surface area contributed by atoms with Crippen LogP contribution in [0.25, 0.3) is 0 Å². The number of nitro groups is 1. The van der Waals surface area contributed by atoms with Gasteiger partial charge in [0, 0.05) is 45.0 Å². The van der Waals surface area contributed by atoms with Crippen LogP contribution in [-0.2, 0) is 11.3 Å². The van der Waals surface area contributed by atoms with Gasteiger partial charge in [-0.15, -0.1) is 0 Å². The fraction of sp³-hybridized carbons (Fsp3) is 0.778. The minimum absolute atomic E-state index is 0.0162. The summed E-state index contributed by atoms with van der Waals surface area (Å²) in [6.07, 6.45) is 1.80. The molecule has 0 unspecified atom stereocenters. The Morgan fingerprint density at radius 3 is 2.67 bits per heavy atom. The van der Waals surface area contributed by atoms with Crippen LogP contribution < -0.4 is 0 Å². The van der Waals surface area contributed by atoms with E-state index in [0.717, 1.165) is 18.2 Å². The van der Waals surface area contributed by atoms with Crippen LogP contribution in [0.4, 0.5) is 5.95 Å². The number of hydrogen-bond donors (Lipinski definition) is 0. The summed E-state index contributed by atoms with van der Waals surface area (Å²) in [5, 5.41) is 15.3. The van der Waals surface area contributed by atoms with Crippen molar-refractivity contribution in [1.29, 1.82) is 0 Å². The van der Waals surface area contributed by atoms with Crippen molar-refractivity contribution in [3.8, 4) is 0 Å². The Bertz CT molecular complexity index is 445. The van der Waals surface area contributed by atoms with Crippen molar-refractivity contribution in [2.45, 2.75) is 19.4 Å². The standard InChI is InChI=1S/C9H12Br2N4O3/c10-5-9(1-3-18-4-2-9)6-14-7(11)12-8(13-14)15(16)17/h1-6H2. The van der Waals surface area contributed by atoms with E-state index in [-0.39, 0.29) is 11.4 Å². The third kappa shape index (κ3) is 2.89. The van der Waals surface area contributed by atoms with Crippen LogP contribution in [0.5, 0.6) is 0 Å². The van der Waals surface area contributed by atoms with E-state index in [0.29, 0.717) is 24.5 Å². The largest absolute Gasteiger partial charge is 0.492 e. The molecule has 9 heteroatoms. The predicted octanol–water partition coefficient (Wildman–Crippen LogP) is 2.14. The van der Waals surface area contributed by atoms with Gasteiger partial charge in [0.1, 0.15) is 0 Å². The number of nitrogens with zero attached hydrogens (tertiary/aromatic N) is 4. The maximum atomic E-state index is 10.6. The molecule has 1 saturated heterocycles. The fourth-order valence-corrected chi connectivity index (χ4v) is 3.05. The van der Waals surface area contributed by atoms with E-state index in [1.165, 1.54) is 0 Å². The zero-order valence-electron chi connectivity index (χ0n) is 9.51. The van der Waals surface area contributed by atoms with E-state index >= 15 is 0 Å². The second-order valence-electron chi connectivity index (χ2n) is 4.34. The number of ether oxygens (including phenoxy) is 1. The molecule has 0 atom stereocenters. The van der Waals surface area contributed by atoms with Crippen LogP contribution >= 0.6 is 31.9 Å². The Labute approximate surface area is 120 Å². The molecule has 1 fully saturated rings. The molecule has 0 aliphatic carbocycles. The highest BCUT2D eigenvalue weighted by molar-refractivity contribution is 9.10. The maximum Gasteiger partial charge on any atom is 0.492 e. The van der Waals surface area contributed by atoms with Gasteiger partial charge in [0.15, 0.2) is 0 Å². The van der Waals surface area contributed by atoms with Crippen LogP contribution in [0.1, 0.15) is 12.8 Å². The number of alkyl halides is 1. The summed E-state index contributed by atoms with van der Waals surface area (Å²) in [4.78, 5) is 13.8. The topological polar surface area (TPSA) is 83.1 Å². The molecule has 2 rings (SSSR count). The minimum atomic E-state index is -0.591. The molecule has 2 heterocycles. The number of halogens is 2. The predicted molar refractivity (Wildman–Crippen MR) is 70.7 cm³/mol. The highest BCUT2D eigenvalue weighted by atomic mass is 79.9. The summed E-state index contributed by atoms with van der Waals surface area (Å²) in [5.74, 6) is -0.376. The van der Waals surface area contributed by atoms with Crippen molar-refractivity contribution in [3.05, 3.63) is 14.8 Å². The van der Waals surface area contributed by atoms with Crippen LogP contribution in [0.15, 0.2) is 4.73 Å². The molecule has 0 N–H and O–H groups in total. The molecule has 1 aliphatic heterocycles. The molecule has 18 heavy (non-hydrogen) atoms. The molecule has 1 aliphatic rings. The molecule has 0 radical (unpaired) electrons. The first-order valence-corrected chi connectivity index (χ1v) is 7.36. The van der Waals surface area contributed by atoms with Gasteiger partial charge in [0.2, 0.25) is 0 Å². The molecule has 0 aromatic carbocycles. The van der Waals surface area contributed by atoms with Gasteiger partial charge < -0.3 is 14.9 Å². The molecule has 1 aromatic rings. The Hall–Kier alpha value is -0.540. The number of aromatic nitrogens is 3. The summed E-state index contributed by atoms with van der Waals surface area (Å²) in [6, 6.07) is 0. The second-order valence-corrected chi connectivity index (χ2v) is 5.61. The van der Waals surface area contributed by atoms with E-state index in [4.69, 9.17) is 4.74 Å². The smallest absolute Gasteiger partial charge is 0.390 e. The minimum Gasteiger partial charge on any atom is -0.390 e. The van der Waals surface area contributed by atoms with E-state index in [1.54, 1.807) is 4.68 Å².